The van der Waals surface area contributed by atoms with Gasteiger partial charge in [0.2, 0.25) is 0 Å². The monoisotopic (exact) mass is 510 g/mol. The molecule has 3 rings (SSSR count). The van der Waals surface area contributed by atoms with Gasteiger partial charge in [-0.1, -0.05) is 50.7 Å². The minimum absolute atomic E-state index is 0.117. The largest absolute Gasteiger partial charge is 0.460 e. The minimum atomic E-state index is -4.49. The van der Waals surface area contributed by atoms with Crippen LogP contribution in [0, 0.1) is 5.92 Å². The molecule has 2 atom stereocenters. The molecule has 5 nitrogen and oxygen atoms in total. The van der Waals surface area contributed by atoms with Crippen LogP contribution >= 0.6 is 23.1 Å². The fourth-order valence-electron chi connectivity index (χ4n) is 3.00. The highest BCUT2D eigenvalue weighted by Crippen LogP contribution is 2.34. The van der Waals surface area contributed by atoms with Crippen LogP contribution in [0.3, 0.4) is 0 Å². The van der Waals surface area contributed by atoms with Crippen LogP contribution in [0.1, 0.15) is 49.3 Å². The summed E-state index contributed by atoms with van der Waals surface area (Å²) >= 11 is 2.77. The van der Waals surface area contributed by atoms with Crippen molar-refractivity contribution in [1.82, 2.24) is 9.97 Å². The second-order valence-corrected chi connectivity index (χ2v) is 10.8. The molecule has 0 saturated carbocycles. The summed E-state index contributed by atoms with van der Waals surface area (Å²) in [6.45, 7) is 5.82. The Hall–Kier alpha value is -2.43. The van der Waals surface area contributed by atoms with Crippen molar-refractivity contribution in [3.05, 3.63) is 76.6 Å². The number of pyridine rings is 1. The van der Waals surface area contributed by atoms with Gasteiger partial charge in [0, 0.05) is 28.9 Å². The first-order valence-corrected chi connectivity index (χ1v) is 12.3. The smallest absolute Gasteiger partial charge is 0.416 e. The number of halogens is 3. The Bertz CT molecular complexity index is 1100. The second kappa shape index (κ2) is 10.9. The Morgan fingerprint density at radius 2 is 1.97 bits per heavy atom. The van der Waals surface area contributed by atoms with E-state index in [4.69, 9.17) is 4.74 Å². The number of aromatic nitrogens is 2. The summed E-state index contributed by atoms with van der Waals surface area (Å²) in [6, 6.07) is 7.91. The molecule has 0 fully saturated rings. The maximum Gasteiger partial charge on any atom is 0.416 e. The summed E-state index contributed by atoms with van der Waals surface area (Å²) in [5.41, 5.74) is 0.644. The van der Waals surface area contributed by atoms with Crippen molar-refractivity contribution in [1.29, 1.82) is 0 Å². The minimum Gasteiger partial charge on any atom is -0.460 e. The fourth-order valence-corrected chi connectivity index (χ4v) is 5.19. The van der Waals surface area contributed by atoms with Gasteiger partial charge in [-0.3, -0.25) is 9.78 Å². The van der Waals surface area contributed by atoms with Crippen molar-refractivity contribution in [3.63, 3.8) is 0 Å². The predicted octanol–water partition coefficient (Wildman–Crippen LogP) is 6.04. The van der Waals surface area contributed by atoms with Gasteiger partial charge < -0.3 is 9.84 Å². The van der Waals surface area contributed by atoms with Crippen molar-refractivity contribution in [2.45, 2.75) is 49.4 Å². The number of hydrogen-bond donors (Lipinski definition) is 1. The zero-order valence-electron chi connectivity index (χ0n) is 18.9. The molecule has 10 heteroatoms. The van der Waals surface area contributed by atoms with E-state index in [1.807, 2.05) is 5.38 Å². The van der Waals surface area contributed by atoms with Gasteiger partial charge >= 0.3 is 12.1 Å². The number of nitrogens with zero attached hydrogens (tertiary/aromatic N) is 2. The van der Waals surface area contributed by atoms with Crippen LogP contribution in [-0.2, 0) is 27.7 Å². The molecule has 2 aromatic heterocycles. The van der Waals surface area contributed by atoms with Gasteiger partial charge in [0.1, 0.15) is 10.9 Å². The molecular weight excluding hydrogens is 485 g/mol. The summed E-state index contributed by atoms with van der Waals surface area (Å²) in [5, 5.41) is 12.9. The zero-order valence-corrected chi connectivity index (χ0v) is 20.5. The van der Waals surface area contributed by atoms with E-state index in [1.54, 1.807) is 18.3 Å². The SMILES string of the molecule is CC(C)(C)c1csc(SCC(C(=O)OCc2cccc(C(F)(F)F)c2)C(O)c2cccnc2)n1. The fraction of sp³-hybridized carbons (Fsp3) is 0.375. The van der Waals surface area contributed by atoms with Gasteiger partial charge in [-0.05, 0) is 29.3 Å². The number of ether oxygens (including phenoxy) is 1. The van der Waals surface area contributed by atoms with Crippen LogP contribution in [-0.4, -0.2) is 26.8 Å². The van der Waals surface area contributed by atoms with E-state index in [-0.39, 0.29) is 23.3 Å². The zero-order chi connectivity index (χ0) is 24.9. The summed E-state index contributed by atoms with van der Waals surface area (Å²) < 4.78 is 45.0. The van der Waals surface area contributed by atoms with E-state index in [1.165, 1.54) is 41.4 Å². The standard InChI is InChI=1S/C24H25F3N2O3S2/c1-23(2,3)19-14-34-22(29-19)33-13-18(20(30)16-7-5-9-28-11-16)21(31)32-12-15-6-4-8-17(10-15)24(25,26)27/h4-11,14,18,20,30H,12-13H2,1-3H3. The molecule has 0 aliphatic carbocycles. The Kier molecular flexibility index (Phi) is 8.38. The number of hydrogen-bond acceptors (Lipinski definition) is 7. The number of aliphatic hydroxyl groups excluding tert-OH is 1. The highest BCUT2D eigenvalue weighted by Gasteiger charge is 2.32. The van der Waals surface area contributed by atoms with Crippen LogP contribution in [0.15, 0.2) is 58.5 Å². The maximum atomic E-state index is 13.0. The van der Waals surface area contributed by atoms with E-state index < -0.39 is 29.7 Å². The lowest BCUT2D eigenvalue weighted by Crippen LogP contribution is -2.27. The van der Waals surface area contributed by atoms with Gasteiger partial charge in [-0.2, -0.15) is 13.2 Å². The number of alkyl halides is 3. The highest BCUT2D eigenvalue weighted by atomic mass is 32.2. The third-order valence-corrected chi connectivity index (χ3v) is 7.12. The van der Waals surface area contributed by atoms with Crippen LogP contribution < -0.4 is 0 Å². The Balaban J connectivity index is 1.74. The van der Waals surface area contributed by atoms with Gasteiger partial charge in [0.05, 0.1) is 23.3 Å². The molecule has 2 heterocycles. The summed E-state index contributed by atoms with van der Waals surface area (Å²) in [5.74, 6) is -1.51. The second-order valence-electron chi connectivity index (χ2n) is 8.70. The number of carbonyl (C=O) groups excluding carboxylic acids is 1. The van der Waals surface area contributed by atoms with Crippen molar-refractivity contribution in [2.75, 3.05) is 5.75 Å². The lowest BCUT2D eigenvalue weighted by molar-refractivity contribution is -0.153. The average Bonchev–Trinajstić information content (AvgIpc) is 3.27. The summed E-state index contributed by atoms with van der Waals surface area (Å²) in [6.07, 6.45) is -2.67. The van der Waals surface area contributed by atoms with Gasteiger partial charge in [0.25, 0.3) is 0 Å². The van der Waals surface area contributed by atoms with Crippen molar-refractivity contribution in [2.24, 2.45) is 5.92 Å². The van der Waals surface area contributed by atoms with Gasteiger partial charge in [-0.25, -0.2) is 4.98 Å². The first kappa shape index (κ1) is 26.2. The number of rotatable bonds is 8. The number of thiazole rings is 1. The molecule has 0 amide bonds. The molecule has 1 N–H and O–H groups in total. The maximum absolute atomic E-state index is 13.0. The summed E-state index contributed by atoms with van der Waals surface area (Å²) in [4.78, 5) is 21.5. The molecule has 0 radical (unpaired) electrons. The van der Waals surface area contributed by atoms with Crippen LogP contribution in [0.4, 0.5) is 13.2 Å². The van der Waals surface area contributed by atoms with Crippen molar-refractivity contribution >= 4 is 29.1 Å². The Labute approximate surface area is 204 Å². The Morgan fingerprint density at radius 1 is 1.21 bits per heavy atom. The van der Waals surface area contributed by atoms with Crippen molar-refractivity contribution in [3.8, 4) is 0 Å². The van der Waals surface area contributed by atoms with Crippen molar-refractivity contribution < 1.29 is 27.8 Å². The highest BCUT2D eigenvalue weighted by molar-refractivity contribution is 8.01. The normalized spacial score (nSPS) is 14.0. The molecule has 0 bridgehead atoms. The van der Waals surface area contributed by atoms with Crippen LogP contribution in [0.5, 0.6) is 0 Å². The number of esters is 1. The lowest BCUT2D eigenvalue weighted by atomic mass is 9.93. The average molecular weight is 511 g/mol. The topological polar surface area (TPSA) is 72.3 Å². The molecule has 0 saturated heterocycles. The lowest BCUT2D eigenvalue weighted by Gasteiger charge is -2.21. The third kappa shape index (κ3) is 7.04. The van der Waals surface area contributed by atoms with E-state index in [0.29, 0.717) is 5.56 Å². The van der Waals surface area contributed by atoms with Gasteiger partial charge in [-0.15, -0.1) is 11.3 Å². The predicted molar refractivity (Wildman–Crippen MR) is 125 cm³/mol. The molecule has 0 aliphatic heterocycles. The summed E-state index contributed by atoms with van der Waals surface area (Å²) in [7, 11) is 0. The molecule has 3 aromatic rings. The van der Waals surface area contributed by atoms with Crippen LogP contribution in [0.25, 0.3) is 0 Å². The number of thioether (sulfide) groups is 1. The van der Waals surface area contributed by atoms with E-state index in [2.05, 4.69) is 30.7 Å². The van der Waals surface area contributed by atoms with E-state index in [9.17, 15) is 23.1 Å². The number of carbonyl (C=O) groups is 1. The van der Waals surface area contributed by atoms with Crippen LogP contribution in [0.2, 0.25) is 0 Å². The molecule has 0 spiro atoms. The van der Waals surface area contributed by atoms with E-state index >= 15 is 0 Å². The first-order chi connectivity index (χ1) is 15.9. The molecule has 34 heavy (non-hydrogen) atoms. The number of benzene rings is 1. The van der Waals surface area contributed by atoms with E-state index in [0.717, 1.165) is 22.2 Å². The number of aliphatic hydroxyl groups is 1. The third-order valence-electron chi connectivity index (χ3n) is 4.98. The first-order valence-electron chi connectivity index (χ1n) is 10.4. The molecule has 2 unspecified atom stereocenters. The Morgan fingerprint density at radius 3 is 2.59 bits per heavy atom. The molecular formula is C24H25F3N2O3S2. The molecule has 0 aliphatic rings. The quantitative estimate of drug-likeness (QED) is 0.294. The van der Waals surface area contributed by atoms with Gasteiger partial charge in [0.15, 0.2) is 0 Å². The molecule has 1 aromatic carbocycles. The molecule has 182 valence electrons.